The van der Waals surface area contributed by atoms with Crippen molar-refractivity contribution >= 4 is 32.7 Å². The van der Waals surface area contributed by atoms with Crippen LogP contribution in [0, 0.1) is 6.92 Å². The fourth-order valence-corrected chi connectivity index (χ4v) is 5.72. The molecule has 0 N–H and O–H groups in total. The normalized spacial score (nSPS) is 16.8. The molecular weight excluding hydrogens is 503 g/mol. The Balaban J connectivity index is 1.46. The highest BCUT2D eigenvalue weighted by Gasteiger charge is 2.32. The maximum absolute atomic E-state index is 13.1. The van der Waals surface area contributed by atoms with E-state index in [0.717, 1.165) is 61.3 Å². The average Bonchev–Trinajstić information content (AvgIpc) is 3.27. The quantitative estimate of drug-likeness (QED) is 0.311. The Morgan fingerprint density at radius 2 is 1.97 bits per heavy atom. The number of alkyl halides is 3. The van der Waals surface area contributed by atoms with Crippen molar-refractivity contribution in [3.05, 3.63) is 53.1 Å². The number of halogens is 3. The van der Waals surface area contributed by atoms with E-state index < -0.39 is 17.7 Å². The van der Waals surface area contributed by atoms with Gasteiger partial charge < -0.3 is 14.4 Å². The van der Waals surface area contributed by atoms with Crippen LogP contribution in [0.4, 0.5) is 18.3 Å². The van der Waals surface area contributed by atoms with Crippen LogP contribution in [0.15, 0.2) is 36.4 Å². The molecule has 1 atom stereocenters. The summed E-state index contributed by atoms with van der Waals surface area (Å²) < 4.78 is 50.6. The Bertz CT molecular complexity index is 1230. The van der Waals surface area contributed by atoms with E-state index in [-0.39, 0.29) is 12.6 Å². The van der Waals surface area contributed by atoms with Crippen molar-refractivity contribution in [1.82, 2.24) is 9.88 Å². The SMILES string of the molecule is CCC[C@@H]1CN(c2nc3ccc(C(F)(F)F)cc3s2)CCN1Cc1cc(C)cc(OCC(=O)OCC)c1. The lowest BCUT2D eigenvalue weighted by Crippen LogP contribution is -2.52. The molecule has 4 rings (SSSR count). The lowest BCUT2D eigenvalue weighted by Gasteiger charge is -2.41. The molecule has 0 spiro atoms. The fourth-order valence-electron chi connectivity index (χ4n) is 4.68. The molecule has 1 fully saturated rings. The number of piperazine rings is 1. The molecule has 6 nitrogen and oxygen atoms in total. The highest BCUT2D eigenvalue weighted by Crippen LogP contribution is 2.36. The number of aryl methyl sites for hydroxylation is 1. The molecular formula is C27H32F3N3O3S. The third-order valence-corrected chi connectivity index (χ3v) is 7.44. The van der Waals surface area contributed by atoms with Gasteiger partial charge in [0, 0.05) is 32.2 Å². The summed E-state index contributed by atoms with van der Waals surface area (Å²) in [5.74, 6) is 0.246. The summed E-state index contributed by atoms with van der Waals surface area (Å²) in [7, 11) is 0. The summed E-state index contributed by atoms with van der Waals surface area (Å²) in [5, 5.41) is 0.764. The molecule has 1 saturated heterocycles. The predicted octanol–water partition coefficient (Wildman–Crippen LogP) is 6.06. The van der Waals surface area contributed by atoms with Crippen LogP contribution in [0.5, 0.6) is 5.75 Å². The topological polar surface area (TPSA) is 54.9 Å². The largest absolute Gasteiger partial charge is 0.482 e. The first-order valence-electron chi connectivity index (χ1n) is 12.5. The van der Waals surface area contributed by atoms with Gasteiger partial charge in [0.15, 0.2) is 11.7 Å². The number of thiazole rings is 1. The third-order valence-electron chi connectivity index (χ3n) is 6.36. The number of fused-ring (bicyclic) bond motifs is 1. The number of aromatic nitrogens is 1. The van der Waals surface area contributed by atoms with Crippen molar-refractivity contribution in [2.45, 2.75) is 52.4 Å². The number of carbonyl (C=O) groups excluding carboxylic acids is 1. The molecule has 37 heavy (non-hydrogen) atoms. The van der Waals surface area contributed by atoms with Crippen LogP contribution < -0.4 is 9.64 Å². The first-order valence-corrected chi connectivity index (χ1v) is 13.3. The average molecular weight is 536 g/mol. The Labute approximate surface area is 219 Å². The molecule has 10 heteroatoms. The number of anilines is 1. The zero-order valence-electron chi connectivity index (χ0n) is 21.3. The smallest absolute Gasteiger partial charge is 0.416 e. The number of esters is 1. The van der Waals surface area contributed by atoms with Gasteiger partial charge in [0.25, 0.3) is 0 Å². The summed E-state index contributed by atoms with van der Waals surface area (Å²) in [5.41, 5.74) is 2.10. The number of nitrogens with zero attached hydrogens (tertiary/aromatic N) is 3. The van der Waals surface area contributed by atoms with Gasteiger partial charge in [-0.1, -0.05) is 30.7 Å². The maximum Gasteiger partial charge on any atom is 0.416 e. The molecule has 2 heterocycles. The second kappa shape index (κ2) is 11.7. The number of carbonyl (C=O) groups is 1. The molecule has 0 radical (unpaired) electrons. The minimum Gasteiger partial charge on any atom is -0.482 e. The number of rotatable bonds is 9. The van der Waals surface area contributed by atoms with Crippen LogP contribution in [0.25, 0.3) is 10.2 Å². The van der Waals surface area contributed by atoms with E-state index in [0.29, 0.717) is 22.6 Å². The molecule has 0 amide bonds. The van der Waals surface area contributed by atoms with Crippen LogP contribution in [-0.2, 0) is 22.3 Å². The van der Waals surface area contributed by atoms with E-state index in [1.54, 1.807) is 6.92 Å². The summed E-state index contributed by atoms with van der Waals surface area (Å²) in [6.07, 6.45) is -2.35. The highest BCUT2D eigenvalue weighted by molar-refractivity contribution is 7.22. The van der Waals surface area contributed by atoms with E-state index in [1.807, 2.05) is 19.1 Å². The zero-order chi connectivity index (χ0) is 26.6. The second-order valence-corrected chi connectivity index (χ2v) is 10.3. The van der Waals surface area contributed by atoms with E-state index >= 15 is 0 Å². The number of benzene rings is 2. The Morgan fingerprint density at radius 3 is 2.70 bits per heavy atom. The van der Waals surface area contributed by atoms with Gasteiger partial charge in [-0.05, 0) is 61.7 Å². The van der Waals surface area contributed by atoms with Gasteiger partial charge in [-0.25, -0.2) is 9.78 Å². The molecule has 1 aliphatic rings. The number of ether oxygens (including phenoxy) is 2. The maximum atomic E-state index is 13.1. The van der Waals surface area contributed by atoms with Gasteiger partial charge in [0.05, 0.1) is 22.4 Å². The van der Waals surface area contributed by atoms with E-state index in [1.165, 1.54) is 23.5 Å². The van der Waals surface area contributed by atoms with Gasteiger partial charge in [0.1, 0.15) is 5.75 Å². The summed E-state index contributed by atoms with van der Waals surface area (Å²) >= 11 is 1.32. The van der Waals surface area contributed by atoms with Crippen molar-refractivity contribution in [3.63, 3.8) is 0 Å². The van der Waals surface area contributed by atoms with Crippen LogP contribution in [0.2, 0.25) is 0 Å². The fraction of sp³-hybridized carbons (Fsp3) is 0.481. The number of hydrogen-bond donors (Lipinski definition) is 0. The number of hydrogen-bond acceptors (Lipinski definition) is 7. The molecule has 0 bridgehead atoms. The first kappa shape index (κ1) is 27.2. The third kappa shape index (κ3) is 6.93. The van der Waals surface area contributed by atoms with E-state index in [2.05, 4.69) is 27.8 Å². The molecule has 1 aliphatic heterocycles. The standard InChI is InChI=1S/C27H32F3N3O3S/c1-4-6-21-16-33(26-31-23-8-7-20(27(28,29)30)14-24(23)37-26)10-9-32(21)15-19-11-18(3)12-22(13-19)36-17-25(34)35-5-2/h7-8,11-14,21H,4-6,9-10,15-17H2,1-3H3/t21-/m1/s1. The summed E-state index contributed by atoms with van der Waals surface area (Å²) in [6.45, 7) is 9.16. The highest BCUT2D eigenvalue weighted by atomic mass is 32.1. The van der Waals surface area contributed by atoms with Crippen molar-refractivity contribution in [3.8, 4) is 5.75 Å². The lowest BCUT2D eigenvalue weighted by atomic mass is 10.0. The second-order valence-electron chi connectivity index (χ2n) is 9.28. The van der Waals surface area contributed by atoms with Gasteiger partial charge >= 0.3 is 12.1 Å². The molecule has 0 aliphatic carbocycles. The Kier molecular flexibility index (Phi) is 8.59. The molecule has 2 aromatic carbocycles. The van der Waals surface area contributed by atoms with Crippen LogP contribution in [0.1, 0.15) is 43.4 Å². The Morgan fingerprint density at radius 1 is 1.16 bits per heavy atom. The van der Waals surface area contributed by atoms with E-state index in [4.69, 9.17) is 9.47 Å². The molecule has 0 unspecified atom stereocenters. The van der Waals surface area contributed by atoms with Crippen LogP contribution in [-0.4, -0.2) is 54.7 Å². The molecule has 0 saturated carbocycles. The van der Waals surface area contributed by atoms with E-state index in [9.17, 15) is 18.0 Å². The van der Waals surface area contributed by atoms with Crippen molar-refractivity contribution in [2.75, 3.05) is 37.7 Å². The summed E-state index contributed by atoms with van der Waals surface area (Å²) in [6, 6.07) is 10.0. The van der Waals surface area contributed by atoms with Crippen LogP contribution >= 0.6 is 11.3 Å². The molecule has 3 aromatic rings. The van der Waals surface area contributed by atoms with Crippen molar-refractivity contribution in [1.29, 1.82) is 0 Å². The lowest BCUT2D eigenvalue weighted by molar-refractivity contribution is -0.145. The minimum atomic E-state index is -4.37. The minimum absolute atomic E-state index is 0.125. The van der Waals surface area contributed by atoms with Gasteiger partial charge in [0.2, 0.25) is 0 Å². The molecule has 1 aromatic heterocycles. The van der Waals surface area contributed by atoms with Crippen molar-refractivity contribution < 1.29 is 27.4 Å². The predicted molar refractivity (Wildman–Crippen MR) is 139 cm³/mol. The zero-order valence-corrected chi connectivity index (χ0v) is 22.1. The first-order chi connectivity index (χ1) is 17.7. The molecule has 200 valence electrons. The van der Waals surface area contributed by atoms with Crippen LogP contribution in [0.3, 0.4) is 0 Å². The summed E-state index contributed by atoms with van der Waals surface area (Å²) in [4.78, 5) is 20.9. The van der Waals surface area contributed by atoms with Gasteiger partial charge in [-0.2, -0.15) is 13.2 Å². The Hall–Kier alpha value is -2.85. The van der Waals surface area contributed by atoms with Crippen molar-refractivity contribution in [2.24, 2.45) is 0 Å². The van der Waals surface area contributed by atoms with Gasteiger partial charge in [-0.3, -0.25) is 4.90 Å². The monoisotopic (exact) mass is 535 g/mol. The van der Waals surface area contributed by atoms with Gasteiger partial charge in [-0.15, -0.1) is 0 Å².